The van der Waals surface area contributed by atoms with Gasteiger partial charge >= 0.3 is 0 Å². The van der Waals surface area contributed by atoms with Crippen molar-refractivity contribution in [3.05, 3.63) is 28.8 Å². The van der Waals surface area contributed by atoms with E-state index in [0.717, 1.165) is 23.7 Å². The zero-order chi connectivity index (χ0) is 11.5. The van der Waals surface area contributed by atoms with Crippen molar-refractivity contribution in [3.8, 4) is 0 Å². The van der Waals surface area contributed by atoms with E-state index < -0.39 is 0 Å². The smallest absolute Gasteiger partial charge is 0.0488 e. The van der Waals surface area contributed by atoms with Gasteiger partial charge in [0.25, 0.3) is 0 Å². The molecule has 1 aromatic carbocycles. The zero-order valence-electron chi connectivity index (χ0n) is 9.25. The Balaban J connectivity index is 2.17. The van der Waals surface area contributed by atoms with Crippen LogP contribution in [0, 0.1) is 0 Å². The second kappa shape index (κ2) is 5.52. The fourth-order valence-electron chi connectivity index (χ4n) is 1.89. The van der Waals surface area contributed by atoms with Gasteiger partial charge in [-0.1, -0.05) is 24.6 Å². The van der Waals surface area contributed by atoms with E-state index in [0.29, 0.717) is 11.1 Å². The summed E-state index contributed by atoms with van der Waals surface area (Å²) in [7, 11) is 0. The molecular weight excluding hydrogens is 261 g/mol. The minimum absolute atomic E-state index is 0.478. The highest BCUT2D eigenvalue weighted by Gasteiger charge is 2.17. The normalized spacial score (nSPS) is 21.2. The van der Waals surface area contributed by atoms with Crippen LogP contribution >= 0.6 is 35.0 Å². The fraction of sp³-hybridized carbons (Fsp3) is 0.500. The van der Waals surface area contributed by atoms with Crippen LogP contribution in [0.1, 0.15) is 12.5 Å². The van der Waals surface area contributed by atoms with Crippen LogP contribution in [0.5, 0.6) is 0 Å². The minimum atomic E-state index is 0.478. The van der Waals surface area contributed by atoms with Crippen LogP contribution in [0.25, 0.3) is 0 Å². The number of rotatable bonds is 2. The molecule has 1 atom stereocenters. The second-order valence-electron chi connectivity index (χ2n) is 4.04. The van der Waals surface area contributed by atoms with E-state index in [-0.39, 0.29) is 0 Å². The zero-order valence-corrected chi connectivity index (χ0v) is 11.6. The number of benzene rings is 1. The van der Waals surface area contributed by atoms with Gasteiger partial charge < -0.3 is 4.90 Å². The quantitative estimate of drug-likeness (QED) is 0.750. The van der Waals surface area contributed by atoms with Gasteiger partial charge in [0.1, 0.15) is 0 Å². The Labute approximate surface area is 111 Å². The lowest BCUT2D eigenvalue weighted by Crippen LogP contribution is -2.36. The average molecular weight is 276 g/mol. The monoisotopic (exact) mass is 275 g/mol. The molecule has 0 spiro atoms. The lowest BCUT2D eigenvalue weighted by atomic mass is 10.2. The third-order valence-corrected chi connectivity index (χ3v) is 4.56. The number of anilines is 1. The SMILES string of the molecule is CC1CN(c2ccc(CCl)c(Cl)c2)CCS1. The molecule has 1 aliphatic heterocycles. The standard InChI is InChI=1S/C12H15Cl2NS/c1-9-8-15(4-5-16-9)11-3-2-10(7-13)12(14)6-11/h2-3,6,9H,4-5,7-8H2,1H3. The molecule has 0 radical (unpaired) electrons. The van der Waals surface area contributed by atoms with Crippen LogP contribution in [0.4, 0.5) is 5.69 Å². The Kier molecular flexibility index (Phi) is 4.28. The number of alkyl halides is 1. The van der Waals surface area contributed by atoms with Crippen LogP contribution in [-0.2, 0) is 5.88 Å². The lowest BCUT2D eigenvalue weighted by molar-refractivity contribution is 0.783. The summed E-state index contributed by atoms with van der Waals surface area (Å²) in [6.45, 7) is 4.47. The molecule has 4 heteroatoms. The van der Waals surface area contributed by atoms with Gasteiger partial charge in [-0.15, -0.1) is 11.6 Å². The summed E-state index contributed by atoms with van der Waals surface area (Å²) in [5.41, 5.74) is 2.22. The van der Waals surface area contributed by atoms with Crippen molar-refractivity contribution in [2.75, 3.05) is 23.7 Å². The predicted octanol–water partition coefficient (Wildman–Crippen LogP) is 4.02. The molecule has 1 fully saturated rings. The summed E-state index contributed by atoms with van der Waals surface area (Å²) in [6.07, 6.45) is 0. The van der Waals surface area contributed by atoms with Crippen molar-refractivity contribution >= 4 is 40.7 Å². The number of hydrogen-bond acceptors (Lipinski definition) is 2. The first-order valence-electron chi connectivity index (χ1n) is 5.41. The summed E-state index contributed by atoms with van der Waals surface area (Å²) < 4.78 is 0. The maximum absolute atomic E-state index is 6.17. The molecule has 0 amide bonds. The maximum atomic E-state index is 6.17. The van der Waals surface area contributed by atoms with Crippen molar-refractivity contribution in [3.63, 3.8) is 0 Å². The molecule has 1 heterocycles. The predicted molar refractivity (Wildman–Crippen MR) is 75.1 cm³/mol. The number of nitrogens with zero attached hydrogens (tertiary/aromatic N) is 1. The van der Waals surface area contributed by atoms with Crippen molar-refractivity contribution in [2.24, 2.45) is 0 Å². The van der Waals surface area contributed by atoms with E-state index in [2.05, 4.69) is 17.9 Å². The summed E-state index contributed by atoms with van der Waals surface area (Å²) in [4.78, 5) is 2.39. The molecule has 1 nitrogen and oxygen atoms in total. The Morgan fingerprint density at radius 1 is 1.50 bits per heavy atom. The van der Waals surface area contributed by atoms with E-state index in [4.69, 9.17) is 23.2 Å². The molecule has 1 unspecified atom stereocenters. The molecule has 88 valence electrons. The van der Waals surface area contributed by atoms with Gasteiger partial charge in [-0.05, 0) is 17.7 Å². The van der Waals surface area contributed by atoms with Gasteiger partial charge in [0, 0.05) is 40.7 Å². The third-order valence-electron chi connectivity index (χ3n) is 2.79. The summed E-state index contributed by atoms with van der Waals surface area (Å²) in [6, 6.07) is 6.17. The molecule has 2 rings (SSSR count). The van der Waals surface area contributed by atoms with Gasteiger partial charge in [0.2, 0.25) is 0 Å². The molecule has 0 N–H and O–H groups in total. The molecule has 16 heavy (non-hydrogen) atoms. The molecule has 1 aliphatic rings. The van der Waals surface area contributed by atoms with E-state index >= 15 is 0 Å². The highest BCUT2D eigenvalue weighted by Crippen LogP contribution is 2.28. The summed E-state index contributed by atoms with van der Waals surface area (Å²) in [5.74, 6) is 1.67. The number of hydrogen-bond donors (Lipinski definition) is 0. The van der Waals surface area contributed by atoms with Gasteiger partial charge in [-0.3, -0.25) is 0 Å². The largest absolute Gasteiger partial charge is 0.370 e. The molecule has 1 saturated heterocycles. The van der Waals surface area contributed by atoms with E-state index in [1.54, 1.807) is 0 Å². The first kappa shape index (κ1) is 12.4. The Bertz CT molecular complexity index is 370. The van der Waals surface area contributed by atoms with Crippen LogP contribution in [0.2, 0.25) is 5.02 Å². The Morgan fingerprint density at radius 3 is 2.94 bits per heavy atom. The van der Waals surface area contributed by atoms with E-state index in [1.807, 2.05) is 23.9 Å². The lowest BCUT2D eigenvalue weighted by Gasteiger charge is -2.32. The highest BCUT2D eigenvalue weighted by atomic mass is 35.5. The second-order valence-corrected chi connectivity index (χ2v) is 6.26. The van der Waals surface area contributed by atoms with Gasteiger partial charge in [-0.25, -0.2) is 0 Å². The van der Waals surface area contributed by atoms with Crippen molar-refractivity contribution in [2.45, 2.75) is 18.1 Å². The van der Waals surface area contributed by atoms with Crippen LogP contribution < -0.4 is 4.90 Å². The summed E-state index contributed by atoms with van der Waals surface area (Å²) >= 11 is 14.0. The van der Waals surface area contributed by atoms with Gasteiger partial charge in [0.05, 0.1) is 0 Å². The minimum Gasteiger partial charge on any atom is -0.370 e. The Morgan fingerprint density at radius 2 is 2.31 bits per heavy atom. The average Bonchev–Trinajstić information content (AvgIpc) is 2.29. The molecule has 0 bridgehead atoms. The maximum Gasteiger partial charge on any atom is 0.0488 e. The van der Waals surface area contributed by atoms with E-state index in [1.165, 1.54) is 11.4 Å². The molecule has 0 aromatic heterocycles. The van der Waals surface area contributed by atoms with Crippen molar-refractivity contribution in [1.29, 1.82) is 0 Å². The topological polar surface area (TPSA) is 3.24 Å². The molecule has 0 aliphatic carbocycles. The van der Waals surface area contributed by atoms with Crippen LogP contribution in [0.3, 0.4) is 0 Å². The van der Waals surface area contributed by atoms with Crippen LogP contribution in [0.15, 0.2) is 18.2 Å². The first-order valence-corrected chi connectivity index (χ1v) is 7.38. The van der Waals surface area contributed by atoms with Crippen molar-refractivity contribution in [1.82, 2.24) is 0 Å². The van der Waals surface area contributed by atoms with Gasteiger partial charge in [0.15, 0.2) is 0 Å². The molecule has 1 aromatic rings. The van der Waals surface area contributed by atoms with Crippen LogP contribution in [-0.4, -0.2) is 24.1 Å². The fourth-order valence-corrected chi connectivity index (χ4v) is 3.45. The third kappa shape index (κ3) is 2.79. The molecule has 0 saturated carbocycles. The Hall–Kier alpha value is -0.0500. The van der Waals surface area contributed by atoms with Gasteiger partial charge in [-0.2, -0.15) is 11.8 Å². The molecular formula is C12H15Cl2NS. The number of halogens is 2. The van der Waals surface area contributed by atoms with E-state index in [9.17, 15) is 0 Å². The number of thioether (sulfide) groups is 1. The first-order chi connectivity index (χ1) is 7.70. The summed E-state index contributed by atoms with van der Waals surface area (Å²) in [5, 5.41) is 1.47. The highest BCUT2D eigenvalue weighted by molar-refractivity contribution is 8.00. The van der Waals surface area contributed by atoms with Crippen molar-refractivity contribution < 1.29 is 0 Å².